The molecule has 0 amide bonds. The lowest BCUT2D eigenvalue weighted by molar-refractivity contribution is -0.0914. The van der Waals surface area contributed by atoms with Gasteiger partial charge in [0.25, 0.3) is 0 Å². The fraction of sp³-hybridized carbons (Fsp3) is 0.564. The Kier molecular flexibility index (Phi) is 9.32. The van der Waals surface area contributed by atoms with Gasteiger partial charge in [-0.25, -0.2) is 0 Å². The topological polar surface area (TPSA) is 70.8 Å². The average molecular weight is 642 g/mol. The minimum Gasteiger partial charge on any atom is -0.361 e. The summed E-state index contributed by atoms with van der Waals surface area (Å²) in [6, 6.07) is 21.5. The molecule has 4 aliphatic rings. The Morgan fingerprint density at radius 3 is 2.24 bits per heavy atom. The summed E-state index contributed by atoms with van der Waals surface area (Å²) < 4.78 is 37.3. The summed E-state index contributed by atoms with van der Waals surface area (Å²) in [5.74, 6) is 11.1. The molecule has 6 nitrogen and oxygen atoms in total. The van der Waals surface area contributed by atoms with E-state index < -0.39 is 7.60 Å². The minimum atomic E-state index is -3.56. The van der Waals surface area contributed by atoms with E-state index in [0.29, 0.717) is 17.1 Å². The molecular weight excluding hydrogens is 593 g/mol. The van der Waals surface area contributed by atoms with Gasteiger partial charge in [0.1, 0.15) is 13.0 Å². The van der Waals surface area contributed by atoms with E-state index in [0.717, 1.165) is 59.8 Å². The Balaban J connectivity index is 0.985. The van der Waals surface area contributed by atoms with Gasteiger partial charge < -0.3 is 18.3 Å². The largest absolute Gasteiger partial charge is 0.361 e. The standard InChI is InChI=1S/C39H48NO5P/c1-38-22-11-5-10-16-31(38)17-18-33-34-19-20-36(39(34,2)23-21-35(33)38)37-24-32(45-40-37)27-42-28-46(41,43-25-29-12-6-3-7-13-29)44-26-30-14-8-4-9-15-30/h3-4,6-9,12-15,24,31,33-36H,11,16-23,25-28H2,1-2H3/t31?,33?,34?,35?,36-,38+,39+/m1/s1. The molecule has 0 aliphatic heterocycles. The number of benzene rings is 2. The molecule has 244 valence electrons. The van der Waals surface area contributed by atoms with Crippen molar-refractivity contribution in [2.24, 2.45) is 34.5 Å². The van der Waals surface area contributed by atoms with Gasteiger partial charge in [0.2, 0.25) is 0 Å². The molecule has 3 saturated carbocycles. The highest BCUT2D eigenvalue weighted by molar-refractivity contribution is 7.53. The zero-order valence-electron chi connectivity index (χ0n) is 27.4. The Morgan fingerprint density at radius 1 is 0.826 bits per heavy atom. The first-order valence-corrected chi connectivity index (χ1v) is 19.0. The van der Waals surface area contributed by atoms with E-state index in [1.54, 1.807) is 0 Å². The van der Waals surface area contributed by atoms with Gasteiger partial charge in [0, 0.05) is 24.8 Å². The molecule has 1 heterocycles. The second-order valence-electron chi connectivity index (χ2n) is 14.7. The van der Waals surface area contributed by atoms with Crippen molar-refractivity contribution in [2.45, 2.75) is 97.4 Å². The fourth-order valence-electron chi connectivity index (χ4n) is 9.79. The van der Waals surface area contributed by atoms with Gasteiger partial charge in [-0.1, -0.05) is 79.7 Å². The van der Waals surface area contributed by atoms with Gasteiger partial charge >= 0.3 is 7.60 Å². The normalized spacial score (nSPS) is 32.0. The van der Waals surface area contributed by atoms with Crippen molar-refractivity contribution in [3.05, 3.63) is 89.3 Å². The van der Waals surface area contributed by atoms with Crippen molar-refractivity contribution < 1.29 is 22.9 Å². The number of hydrogen-bond acceptors (Lipinski definition) is 6. The predicted octanol–water partition coefficient (Wildman–Crippen LogP) is 9.91. The molecule has 46 heavy (non-hydrogen) atoms. The maximum absolute atomic E-state index is 13.8. The molecule has 0 radical (unpaired) electrons. The maximum Gasteiger partial charge on any atom is 0.356 e. The minimum absolute atomic E-state index is 0.166. The molecule has 3 aromatic rings. The molecule has 1 aromatic heterocycles. The van der Waals surface area contributed by atoms with Gasteiger partial charge in [-0.15, -0.1) is 11.8 Å². The lowest BCUT2D eigenvalue weighted by Gasteiger charge is -2.58. The summed E-state index contributed by atoms with van der Waals surface area (Å²) in [6.07, 6.45) is 11.0. The monoisotopic (exact) mass is 641 g/mol. The van der Waals surface area contributed by atoms with Gasteiger partial charge in [0.15, 0.2) is 5.76 Å². The first-order chi connectivity index (χ1) is 22.4. The zero-order chi connectivity index (χ0) is 31.6. The summed E-state index contributed by atoms with van der Waals surface area (Å²) in [7, 11) is -3.56. The van der Waals surface area contributed by atoms with E-state index >= 15 is 0 Å². The molecule has 3 fully saturated rings. The highest BCUT2D eigenvalue weighted by Gasteiger charge is 2.60. The highest BCUT2D eigenvalue weighted by atomic mass is 31.2. The number of ether oxygens (including phenoxy) is 1. The Morgan fingerprint density at radius 2 is 1.52 bits per heavy atom. The molecule has 4 unspecified atom stereocenters. The predicted molar refractivity (Wildman–Crippen MR) is 178 cm³/mol. The summed E-state index contributed by atoms with van der Waals surface area (Å²) in [4.78, 5) is 0. The van der Waals surface area contributed by atoms with Crippen molar-refractivity contribution in [1.29, 1.82) is 0 Å². The van der Waals surface area contributed by atoms with Gasteiger partial charge in [-0.05, 0) is 90.6 Å². The van der Waals surface area contributed by atoms with Crippen LogP contribution < -0.4 is 0 Å². The van der Waals surface area contributed by atoms with Crippen molar-refractivity contribution in [2.75, 3.05) is 6.35 Å². The third-order valence-electron chi connectivity index (χ3n) is 12.3. The van der Waals surface area contributed by atoms with Crippen LogP contribution in [0, 0.1) is 46.3 Å². The first-order valence-electron chi connectivity index (χ1n) is 17.3. The smallest absolute Gasteiger partial charge is 0.356 e. The summed E-state index contributed by atoms with van der Waals surface area (Å²) in [5, 5.41) is 4.59. The summed E-state index contributed by atoms with van der Waals surface area (Å²) in [6.45, 7) is 5.66. The average Bonchev–Trinajstić information content (AvgIpc) is 3.62. The molecule has 7 atom stereocenters. The number of nitrogens with zero attached hydrogens (tertiary/aromatic N) is 1. The van der Waals surface area contributed by atoms with Crippen LogP contribution in [-0.4, -0.2) is 11.5 Å². The lowest BCUT2D eigenvalue weighted by atomic mass is 9.46. The summed E-state index contributed by atoms with van der Waals surface area (Å²) in [5.41, 5.74) is 3.56. The Hall–Kier alpha value is -2.68. The van der Waals surface area contributed by atoms with Crippen LogP contribution in [0.25, 0.3) is 0 Å². The SMILES string of the molecule is C[C@]12CCC#CCC1CCC1C2CC[C@@]2(C)C1CC[C@@H]2c1cc(COCP(=O)(OCc2ccccc2)OCc2ccccc2)on1. The quantitative estimate of drug-likeness (QED) is 0.153. The van der Waals surface area contributed by atoms with Crippen molar-refractivity contribution in [1.82, 2.24) is 5.16 Å². The van der Waals surface area contributed by atoms with E-state index in [4.69, 9.17) is 18.3 Å². The first kappa shape index (κ1) is 31.9. The van der Waals surface area contributed by atoms with Crippen molar-refractivity contribution >= 4 is 7.60 Å². The number of fused-ring (bicyclic) bond motifs is 5. The van der Waals surface area contributed by atoms with Crippen LogP contribution in [0.5, 0.6) is 0 Å². The number of hydrogen-bond donors (Lipinski definition) is 0. The molecule has 0 N–H and O–H groups in total. The molecule has 4 aliphatic carbocycles. The van der Waals surface area contributed by atoms with E-state index in [2.05, 4.69) is 36.9 Å². The van der Waals surface area contributed by atoms with Crippen LogP contribution in [-0.2, 0) is 38.2 Å². The van der Waals surface area contributed by atoms with Gasteiger partial charge in [0.05, 0.1) is 18.9 Å². The lowest BCUT2D eigenvalue weighted by Crippen LogP contribution is -2.51. The van der Waals surface area contributed by atoms with Crippen LogP contribution in [0.3, 0.4) is 0 Å². The highest BCUT2D eigenvalue weighted by Crippen LogP contribution is 2.68. The van der Waals surface area contributed by atoms with Crippen molar-refractivity contribution in [3.8, 4) is 11.8 Å². The van der Waals surface area contributed by atoms with E-state index in [1.807, 2.05) is 60.7 Å². The van der Waals surface area contributed by atoms with Crippen molar-refractivity contribution in [3.63, 3.8) is 0 Å². The zero-order valence-corrected chi connectivity index (χ0v) is 28.3. The van der Waals surface area contributed by atoms with Crippen LogP contribution >= 0.6 is 7.60 Å². The third kappa shape index (κ3) is 6.42. The van der Waals surface area contributed by atoms with Crippen LogP contribution in [0.15, 0.2) is 71.3 Å². The van der Waals surface area contributed by atoms with Gasteiger partial charge in [-0.3, -0.25) is 4.57 Å². The summed E-state index contributed by atoms with van der Waals surface area (Å²) >= 11 is 0. The van der Waals surface area contributed by atoms with Gasteiger partial charge in [-0.2, -0.15) is 0 Å². The molecular formula is C39H48NO5P. The Bertz CT molecular complexity index is 1530. The van der Waals surface area contributed by atoms with E-state index in [1.165, 1.54) is 38.5 Å². The molecule has 0 bridgehead atoms. The van der Waals surface area contributed by atoms with Crippen LogP contribution in [0.1, 0.15) is 100 Å². The second kappa shape index (κ2) is 13.4. The number of rotatable bonds is 11. The molecule has 0 saturated heterocycles. The Labute approximate surface area is 274 Å². The molecule has 7 rings (SSSR count). The molecule has 0 spiro atoms. The molecule has 7 heteroatoms. The van der Waals surface area contributed by atoms with E-state index in [9.17, 15) is 4.57 Å². The third-order valence-corrected chi connectivity index (χ3v) is 13.8. The maximum atomic E-state index is 13.8. The van der Waals surface area contributed by atoms with Crippen LogP contribution in [0.4, 0.5) is 0 Å². The van der Waals surface area contributed by atoms with Crippen LogP contribution in [0.2, 0.25) is 0 Å². The van der Waals surface area contributed by atoms with E-state index in [-0.39, 0.29) is 31.6 Å². The second-order valence-corrected chi connectivity index (χ2v) is 16.7. The molecule has 2 aromatic carbocycles. The number of aromatic nitrogens is 1. The fourth-order valence-corrected chi connectivity index (χ4v) is 11.0.